The molecule has 0 unspecified atom stereocenters. The molecule has 0 N–H and O–H groups in total. The van der Waals surface area contributed by atoms with Crippen molar-refractivity contribution in [2.75, 3.05) is 19.6 Å². The van der Waals surface area contributed by atoms with Gasteiger partial charge in [-0.25, -0.2) is 0 Å². The summed E-state index contributed by atoms with van der Waals surface area (Å²) in [5.74, 6) is 1.76. The van der Waals surface area contributed by atoms with Gasteiger partial charge in [0.25, 0.3) is 6.71 Å². The minimum Gasteiger partial charge on any atom is -0.473 e. The highest BCUT2D eigenvalue weighted by Crippen LogP contribution is 2.57. The number of para-hydroxylation sites is 2. The molecule has 4 aliphatic rings. The van der Waals surface area contributed by atoms with Crippen LogP contribution < -0.4 is 36.2 Å². The van der Waals surface area contributed by atoms with E-state index in [0.717, 1.165) is 171 Å². The van der Waals surface area contributed by atoms with Gasteiger partial charge in [0.2, 0.25) is 0 Å². The standard InChI is InChI=1S/C54H53BN2O.C54H56N2O.BI3/c1-34-27-40(35-19-13-10-14-20-35)49(41(28-34)36-21-15-11-16-22-36)57-44-26-25-37(52(2,3)4)29-43(44)55-48-45(30-38(31-46(48)57)53(5,6)7)56(39-23-17-12-18-24-39)50-42-32-54(8,9)33-47(42)58-51(50)55;1-37-29-46(38-19-13-10-14-20-38)51(47(30-37)39-21-15-11-16-22-39)56(43-27-25-40(26-28-43)52(2,3)4)45-32-41(53(5,6)7)31-44(33-45)55(42-23-17-12-18-24-42)49-36-57-50-35-54(8,9)34-48(49)50;2-1(3)4/h10-31H,32-33H2,1-9H3;10-33,36H,34-35H2,1-9H3;/i2*12D,17D,18D,23D,24D;. The minimum atomic E-state index is -0.433. The molecule has 600 valence electrons. The number of hydrogen-bond donors (Lipinski definition) is 0. The van der Waals surface area contributed by atoms with E-state index in [4.69, 9.17) is 17.1 Å². The number of aryl methyl sites for hydroxylation is 2. The van der Waals surface area contributed by atoms with E-state index in [9.17, 15) is 5.48 Å². The number of anilines is 12. The Labute approximate surface area is 763 Å². The summed E-state index contributed by atoms with van der Waals surface area (Å²) in [4.78, 5) is 8.65. The summed E-state index contributed by atoms with van der Waals surface area (Å²) >= 11 is 6.95. The Balaban J connectivity index is 0.000000182. The Morgan fingerprint density at radius 3 is 1.33 bits per heavy atom. The van der Waals surface area contributed by atoms with Crippen molar-refractivity contribution in [2.45, 2.75) is 172 Å². The van der Waals surface area contributed by atoms with Gasteiger partial charge in [-0.1, -0.05) is 293 Å². The van der Waals surface area contributed by atoms with Crippen molar-refractivity contribution in [3.63, 3.8) is 0 Å². The molecule has 2 aliphatic carbocycles. The number of benzene rings is 12. The number of rotatable bonds is 12. The second-order valence-electron chi connectivity index (χ2n) is 38.1. The lowest BCUT2D eigenvalue weighted by atomic mass is 9.35. The maximum absolute atomic E-state index is 9.52. The lowest BCUT2D eigenvalue weighted by molar-refractivity contribution is 0.364. The molecule has 6 nitrogen and oxygen atoms in total. The molecule has 11 heteroatoms. The summed E-state index contributed by atoms with van der Waals surface area (Å²) in [6, 6.07) is 74.8. The number of halogens is 3. The first-order chi connectivity index (χ1) is 60.7. The fourth-order valence-corrected chi connectivity index (χ4v) is 17.8. The van der Waals surface area contributed by atoms with E-state index in [1.165, 1.54) is 11.1 Å². The average Bonchev–Trinajstić information content (AvgIpc) is 1.63. The number of fused-ring (bicyclic) bond motifs is 7. The van der Waals surface area contributed by atoms with E-state index in [1.807, 2.05) is 21.9 Å². The van der Waals surface area contributed by atoms with Gasteiger partial charge in [-0.15, -0.1) is 67.1 Å². The van der Waals surface area contributed by atoms with E-state index in [1.54, 1.807) is 6.26 Å². The first kappa shape index (κ1) is 71.5. The number of hydrogen-bond acceptors (Lipinski definition) is 6. The minimum absolute atomic E-state index is 0.0687. The van der Waals surface area contributed by atoms with Crippen LogP contribution in [0.5, 0.6) is 0 Å². The number of furan rings is 2. The van der Waals surface area contributed by atoms with Crippen LogP contribution in [-0.4, -0.2) is 6.99 Å². The molecule has 12 aromatic carbocycles. The molecular formula is C108H109B2I3N4O2. The van der Waals surface area contributed by atoms with Gasteiger partial charge in [0.1, 0.15) is 17.8 Å². The van der Waals surface area contributed by atoms with E-state index in [-0.39, 0.29) is 98.9 Å². The molecule has 14 aromatic rings. The van der Waals surface area contributed by atoms with Gasteiger partial charge in [0, 0.05) is 91.7 Å². The van der Waals surface area contributed by atoms with Crippen LogP contribution in [0.15, 0.2) is 294 Å². The SMILES string of the molecule is IB(I)I.[2H]c1c([2H])c([2H])c(N(c2cc(N(c3ccc(C(C)(C)C)cc3)c3c(-c4ccccc4)cc(C)cc3-c3ccccc3)cc(C(C)(C)C)c2)c2coc3c2CC(C)(C)C3)c([2H])c1[2H].[2H]c1c([2H])c([2H])c(N2c3cc(C(C)(C)C)cc4c3B(c3cc(C(C)(C)C)ccc3N4c3c(-c4ccccc4)cc(C)cc3-c3ccccc3)c3oc4c(c32)CC(C)(C)C4)c([2H])c1[2H]. The Kier molecular flexibility index (Phi) is 19.6. The van der Waals surface area contributed by atoms with Crippen molar-refractivity contribution in [1.29, 1.82) is 0 Å². The zero-order chi connectivity index (χ0) is 92.7. The molecule has 0 saturated carbocycles. The van der Waals surface area contributed by atoms with Crippen LogP contribution in [0.3, 0.4) is 0 Å². The van der Waals surface area contributed by atoms with E-state index in [0.29, 0.717) is 17.8 Å². The van der Waals surface area contributed by atoms with Crippen LogP contribution in [0.2, 0.25) is 0 Å². The second-order valence-corrected chi connectivity index (χ2v) is 49.0. The zero-order valence-electron chi connectivity index (χ0n) is 81.6. The second kappa shape index (κ2) is 32.6. The van der Waals surface area contributed by atoms with Gasteiger partial charge in [0.05, 0.1) is 42.1 Å². The van der Waals surface area contributed by atoms with Crippen LogP contribution in [-0.2, 0) is 47.3 Å². The highest BCUT2D eigenvalue weighted by Gasteiger charge is 2.51. The summed E-state index contributed by atoms with van der Waals surface area (Å²) in [5.41, 5.74) is 28.1. The van der Waals surface area contributed by atoms with E-state index >= 15 is 0 Å². The normalized spacial score (nSPS) is 15.4. The van der Waals surface area contributed by atoms with Gasteiger partial charge < -0.3 is 28.4 Å². The molecule has 0 atom stereocenters. The topological polar surface area (TPSA) is 39.2 Å². The highest BCUT2D eigenvalue weighted by molar-refractivity contribution is 14.4. The fourth-order valence-electron chi connectivity index (χ4n) is 17.8. The first-order valence-electron chi connectivity index (χ1n) is 46.3. The van der Waals surface area contributed by atoms with Crippen molar-refractivity contribution in [3.8, 4) is 44.5 Å². The van der Waals surface area contributed by atoms with Crippen molar-refractivity contribution in [2.24, 2.45) is 10.8 Å². The van der Waals surface area contributed by atoms with Gasteiger partial charge in [-0.3, -0.25) is 0 Å². The molecule has 0 radical (unpaired) electrons. The predicted octanol–water partition coefficient (Wildman–Crippen LogP) is 30.6. The fraction of sp³-hybridized carbons (Fsp3) is 0.259. The summed E-state index contributed by atoms with van der Waals surface area (Å²) in [5, 5.41) is 0. The van der Waals surface area contributed by atoms with E-state index in [2.05, 4.69) is 408 Å². The Morgan fingerprint density at radius 1 is 0.403 bits per heavy atom. The summed E-state index contributed by atoms with van der Waals surface area (Å²) in [6.07, 6.45) is 4.62. The molecule has 18 rings (SSSR count). The third kappa shape index (κ3) is 16.9. The van der Waals surface area contributed by atoms with Crippen molar-refractivity contribution in [1.82, 2.24) is 0 Å². The summed E-state index contributed by atoms with van der Waals surface area (Å²) in [7, 11) is 0. The van der Waals surface area contributed by atoms with Crippen LogP contribution in [0, 0.1) is 24.7 Å². The Morgan fingerprint density at radius 2 is 0.832 bits per heavy atom. The summed E-state index contributed by atoms with van der Waals surface area (Å²) in [6.45, 7) is 39.5. The molecular weight excluding hydrogens is 1790 g/mol. The monoisotopic (exact) mass is 1910 g/mol. The molecule has 2 aromatic heterocycles. The average molecular weight is 1910 g/mol. The molecule has 4 heterocycles. The van der Waals surface area contributed by atoms with Crippen molar-refractivity contribution >= 4 is 159 Å². The molecule has 0 bridgehead atoms. The van der Waals surface area contributed by atoms with Crippen LogP contribution >= 0.6 is 67.1 Å². The Bertz CT molecular complexity index is 6530. The lowest BCUT2D eigenvalue weighted by Crippen LogP contribution is -2.61. The maximum atomic E-state index is 9.52. The number of nitrogens with zero attached hydrogens (tertiary/aromatic N) is 4. The largest absolute Gasteiger partial charge is 0.473 e. The Hall–Kier alpha value is -9.28. The molecule has 0 amide bonds. The molecule has 2 aliphatic heterocycles. The highest BCUT2D eigenvalue weighted by atomic mass is 127. The van der Waals surface area contributed by atoms with Gasteiger partial charge in [-0.2, -0.15) is 0 Å². The first-order valence-corrected chi connectivity index (χ1v) is 45.1. The van der Waals surface area contributed by atoms with Crippen LogP contribution in [0.4, 0.5) is 68.2 Å². The van der Waals surface area contributed by atoms with Crippen molar-refractivity contribution in [3.05, 3.63) is 341 Å². The van der Waals surface area contributed by atoms with Gasteiger partial charge >= 0.3 is 0.282 Å². The molecule has 119 heavy (non-hydrogen) atoms. The summed E-state index contributed by atoms with van der Waals surface area (Å²) < 4.78 is 105. The van der Waals surface area contributed by atoms with Crippen molar-refractivity contribution < 1.29 is 22.5 Å². The zero-order valence-corrected chi connectivity index (χ0v) is 78.1. The molecule has 0 spiro atoms. The quantitative estimate of drug-likeness (QED) is 0.0897. The van der Waals surface area contributed by atoms with Crippen LogP contribution in [0.1, 0.15) is 181 Å². The maximum Gasteiger partial charge on any atom is 0.355 e. The van der Waals surface area contributed by atoms with Gasteiger partial charge in [0.15, 0.2) is 0 Å². The predicted molar refractivity (Wildman–Crippen MR) is 537 cm³/mol. The van der Waals surface area contributed by atoms with E-state index < -0.39 is 12.1 Å². The third-order valence-electron chi connectivity index (χ3n) is 23.6. The smallest absolute Gasteiger partial charge is 0.355 e. The van der Waals surface area contributed by atoms with Gasteiger partial charge in [-0.05, 0) is 223 Å². The van der Waals surface area contributed by atoms with Crippen LogP contribution in [0.25, 0.3) is 44.5 Å². The molecule has 0 fully saturated rings. The molecule has 0 saturated heterocycles. The lowest BCUT2D eigenvalue weighted by Gasteiger charge is -2.45. The third-order valence-corrected chi connectivity index (χ3v) is 23.6.